The first kappa shape index (κ1) is 29.2. The van der Waals surface area contributed by atoms with Crippen molar-refractivity contribution in [3.8, 4) is 5.75 Å². The molecule has 1 aliphatic rings. The van der Waals surface area contributed by atoms with E-state index in [9.17, 15) is 9.90 Å². The molecule has 0 saturated heterocycles. The minimum absolute atomic E-state index is 0.0780. The summed E-state index contributed by atoms with van der Waals surface area (Å²) in [5.41, 5.74) is 4.86. The number of carbonyl (C=O) groups excluding carboxylic acids is 1. The van der Waals surface area contributed by atoms with E-state index in [4.69, 9.17) is 14.2 Å². The molecule has 2 aromatic rings. The van der Waals surface area contributed by atoms with Crippen LogP contribution in [0.1, 0.15) is 75.8 Å². The minimum Gasteiger partial charge on any atom is -0.494 e. The van der Waals surface area contributed by atoms with Gasteiger partial charge in [-0.05, 0) is 101 Å². The summed E-state index contributed by atoms with van der Waals surface area (Å²) in [6.45, 7) is 11.8. The molecular formula is C31H45NO5. The smallest absolute Gasteiger partial charge is 0.306 e. The second kappa shape index (κ2) is 13.9. The molecule has 0 aromatic heterocycles. The number of aliphatic hydroxyl groups excluding tert-OH is 1. The number of β-amino-alcohol motifs (C(OH)–C–C–N with tert-alkyl or cyclic N) is 1. The Hall–Kier alpha value is -2.41. The number of benzene rings is 2. The van der Waals surface area contributed by atoms with E-state index in [0.717, 1.165) is 36.1 Å². The zero-order valence-corrected chi connectivity index (χ0v) is 23.2. The highest BCUT2D eigenvalue weighted by Gasteiger charge is 2.28. The summed E-state index contributed by atoms with van der Waals surface area (Å²) >= 11 is 0. The Kier molecular flexibility index (Phi) is 11.0. The first-order valence-corrected chi connectivity index (χ1v) is 13.7. The van der Waals surface area contributed by atoms with Gasteiger partial charge in [0.2, 0.25) is 0 Å². The Morgan fingerprint density at radius 2 is 1.81 bits per heavy atom. The van der Waals surface area contributed by atoms with Crippen molar-refractivity contribution in [2.75, 3.05) is 26.4 Å². The van der Waals surface area contributed by atoms with Gasteiger partial charge in [0.1, 0.15) is 5.75 Å². The van der Waals surface area contributed by atoms with Crippen molar-refractivity contribution in [2.45, 2.75) is 84.5 Å². The molecular weight excluding hydrogens is 466 g/mol. The van der Waals surface area contributed by atoms with Crippen LogP contribution in [0.3, 0.4) is 0 Å². The molecule has 0 heterocycles. The number of fused-ring (bicyclic) bond motifs is 1. The van der Waals surface area contributed by atoms with Gasteiger partial charge in [-0.3, -0.25) is 4.79 Å². The first-order valence-electron chi connectivity index (χ1n) is 13.7. The molecule has 0 radical (unpaired) electrons. The van der Waals surface area contributed by atoms with E-state index in [1.54, 1.807) is 0 Å². The van der Waals surface area contributed by atoms with Gasteiger partial charge in [-0.1, -0.05) is 30.3 Å². The second-order valence-electron chi connectivity index (χ2n) is 10.7. The number of esters is 1. The van der Waals surface area contributed by atoms with E-state index in [1.807, 2.05) is 39.0 Å². The number of carbonyl (C=O) groups is 1. The average Bonchev–Trinajstić information content (AvgIpc) is 3.27. The molecule has 2 atom stereocenters. The van der Waals surface area contributed by atoms with Gasteiger partial charge in [0, 0.05) is 18.5 Å². The summed E-state index contributed by atoms with van der Waals surface area (Å²) in [4.78, 5) is 11.9. The largest absolute Gasteiger partial charge is 0.494 e. The van der Waals surface area contributed by atoms with Crippen LogP contribution < -0.4 is 10.1 Å². The molecule has 2 N–H and O–H groups in total. The number of rotatable bonds is 15. The summed E-state index contributed by atoms with van der Waals surface area (Å²) in [7, 11) is 0. The van der Waals surface area contributed by atoms with Crippen LogP contribution in [0.2, 0.25) is 0 Å². The molecule has 6 nitrogen and oxygen atoms in total. The SMILES string of the molecule is CCOC(=O)CCc1ccc(OCC)cc1[C@@H](C)OC[C@H](O)CNC(C)(C)CC1Cc2ccccc2C1. The number of aliphatic hydroxyl groups is 1. The van der Waals surface area contributed by atoms with Gasteiger partial charge in [0.25, 0.3) is 0 Å². The number of nitrogens with one attached hydrogen (secondary N) is 1. The van der Waals surface area contributed by atoms with Gasteiger partial charge in [0.15, 0.2) is 0 Å². The maximum atomic E-state index is 11.9. The zero-order chi connectivity index (χ0) is 26.8. The van der Waals surface area contributed by atoms with Crippen molar-refractivity contribution in [2.24, 2.45) is 5.92 Å². The lowest BCUT2D eigenvalue weighted by Crippen LogP contribution is -2.45. The lowest BCUT2D eigenvalue weighted by molar-refractivity contribution is -0.143. The van der Waals surface area contributed by atoms with Gasteiger partial charge in [-0.25, -0.2) is 0 Å². The Morgan fingerprint density at radius 3 is 2.46 bits per heavy atom. The van der Waals surface area contributed by atoms with Gasteiger partial charge in [-0.2, -0.15) is 0 Å². The quantitative estimate of drug-likeness (QED) is 0.321. The van der Waals surface area contributed by atoms with Gasteiger partial charge < -0.3 is 24.6 Å². The van der Waals surface area contributed by atoms with Crippen LogP contribution in [0.4, 0.5) is 0 Å². The van der Waals surface area contributed by atoms with Crippen LogP contribution in [0.15, 0.2) is 42.5 Å². The van der Waals surface area contributed by atoms with Crippen LogP contribution in [-0.2, 0) is 33.5 Å². The van der Waals surface area contributed by atoms with E-state index in [2.05, 4.69) is 43.4 Å². The molecule has 0 fully saturated rings. The Bertz CT molecular complexity index is 980. The number of hydrogen-bond donors (Lipinski definition) is 2. The van der Waals surface area contributed by atoms with Gasteiger partial charge >= 0.3 is 5.97 Å². The van der Waals surface area contributed by atoms with Crippen molar-refractivity contribution >= 4 is 5.97 Å². The highest BCUT2D eigenvalue weighted by Crippen LogP contribution is 2.32. The summed E-state index contributed by atoms with van der Waals surface area (Å²) in [6, 6.07) is 14.6. The highest BCUT2D eigenvalue weighted by atomic mass is 16.5. The molecule has 1 aliphatic carbocycles. The summed E-state index contributed by atoms with van der Waals surface area (Å²) in [5.74, 6) is 1.19. The average molecular weight is 512 g/mol. The van der Waals surface area contributed by atoms with Crippen molar-refractivity contribution in [1.82, 2.24) is 5.32 Å². The number of aryl methyl sites for hydroxylation is 1. The molecule has 2 aromatic carbocycles. The molecule has 0 spiro atoms. The highest BCUT2D eigenvalue weighted by molar-refractivity contribution is 5.69. The Morgan fingerprint density at radius 1 is 1.11 bits per heavy atom. The van der Waals surface area contributed by atoms with Gasteiger partial charge in [0.05, 0.1) is 32.0 Å². The van der Waals surface area contributed by atoms with E-state index >= 15 is 0 Å². The standard InChI is InChI=1S/C31H45NO5/c1-6-35-28-14-12-24(13-15-30(34)36-7-2)29(18-28)22(3)37-21-27(33)20-32-31(4,5)19-23-16-25-10-8-9-11-26(25)17-23/h8-12,14,18,22-23,27,32-33H,6-7,13,15-17,19-21H2,1-5H3/t22-,27-/m1/s1. The molecule has 6 heteroatoms. The lowest BCUT2D eigenvalue weighted by Gasteiger charge is -2.31. The third kappa shape index (κ3) is 9.13. The Labute approximate surface area is 222 Å². The predicted molar refractivity (Wildman–Crippen MR) is 147 cm³/mol. The second-order valence-corrected chi connectivity index (χ2v) is 10.7. The predicted octanol–water partition coefficient (Wildman–Crippen LogP) is 5.19. The van der Waals surface area contributed by atoms with E-state index in [1.165, 1.54) is 11.1 Å². The van der Waals surface area contributed by atoms with Crippen molar-refractivity contribution in [3.05, 3.63) is 64.7 Å². The fraction of sp³-hybridized carbons (Fsp3) is 0.581. The number of ether oxygens (including phenoxy) is 3. The van der Waals surface area contributed by atoms with Crippen LogP contribution in [0, 0.1) is 5.92 Å². The maximum Gasteiger partial charge on any atom is 0.306 e. The van der Waals surface area contributed by atoms with E-state index in [-0.39, 0.29) is 24.2 Å². The molecule has 0 saturated carbocycles. The molecule has 0 amide bonds. The summed E-state index contributed by atoms with van der Waals surface area (Å²) in [5, 5.41) is 14.2. The summed E-state index contributed by atoms with van der Waals surface area (Å²) < 4.78 is 16.9. The fourth-order valence-corrected chi connectivity index (χ4v) is 5.29. The van der Waals surface area contributed by atoms with Crippen LogP contribution in [0.5, 0.6) is 5.75 Å². The minimum atomic E-state index is -0.624. The topological polar surface area (TPSA) is 77.0 Å². The monoisotopic (exact) mass is 511 g/mol. The lowest BCUT2D eigenvalue weighted by atomic mass is 9.88. The van der Waals surface area contributed by atoms with Crippen LogP contribution in [0.25, 0.3) is 0 Å². The van der Waals surface area contributed by atoms with Crippen molar-refractivity contribution in [3.63, 3.8) is 0 Å². The van der Waals surface area contributed by atoms with E-state index in [0.29, 0.717) is 38.5 Å². The van der Waals surface area contributed by atoms with Crippen LogP contribution in [-0.4, -0.2) is 49.1 Å². The third-order valence-corrected chi connectivity index (χ3v) is 7.06. The molecule has 3 rings (SSSR count). The van der Waals surface area contributed by atoms with Crippen molar-refractivity contribution < 1.29 is 24.1 Å². The fourth-order valence-electron chi connectivity index (χ4n) is 5.29. The van der Waals surface area contributed by atoms with Crippen molar-refractivity contribution in [1.29, 1.82) is 0 Å². The van der Waals surface area contributed by atoms with E-state index < -0.39 is 6.10 Å². The van der Waals surface area contributed by atoms with Gasteiger partial charge in [-0.15, -0.1) is 0 Å². The summed E-state index contributed by atoms with van der Waals surface area (Å²) in [6.07, 6.45) is 3.32. The molecule has 37 heavy (non-hydrogen) atoms. The normalized spacial score (nSPS) is 15.3. The molecule has 204 valence electrons. The Balaban J connectivity index is 1.50. The first-order chi connectivity index (χ1) is 17.7. The maximum absolute atomic E-state index is 11.9. The molecule has 0 bridgehead atoms. The molecule has 0 unspecified atom stereocenters. The third-order valence-electron chi connectivity index (χ3n) is 7.06. The molecule has 0 aliphatic heterocycles. The zero-order valence-electron chi connectivity index (χ0n) is 23.2. The number of hydrogen-bond acceptors (Lipinski definition) is 6. The van der Waals surface area contributed by atoms with Crippen LogP contribution >= 0.6 is 0 Å².